The molecule has 2 aromatic heterocycles. The second-order valence-electron chi connectivity index (χ2n) is 11.9. The minimum absolute atomic E-state index is 0.0516. The zero-order valence-electron chi connectivity index (χ0n) is 25.9. The van der Waals surface area contributed by atoms with E-state index >= 15 is 0 Å². The third-order valence-electron chi connectivity index (χ3n) is 8.74. The first kappa shape index (κ1) is 30.5. The van der Waals surface area contributed by atoms with Crippen molar-refractivity contribution >= 4 is 46.2 Å². The molecule has 4 heterocycles. The van der Waals surface area contributed by atoms with E-state index in [4.69, 9.17) is 4.42 Å². The fourth-order valence-corrected chi connectivity index (χ4v) is 6.28. The molecule has 0 spiro atoms. The Labute approximate surface area is 275 Å². The molecule has 5 aromatic rings. The fraction of sp³-hybridized carbons (Fsp3) is 0.189. The predicted molar refractivity (Wildman–Crippen MR) is 176 cm³/mol. The van der Waals surface area contributed by atoms with Crippen molar-refractivity contribution in [3.05, 3.63) is 131 Å². The summed E-state index contributed by atoms with van der Waals surface area (Å²) in [6.45, 7) is 1.92. The Morgan fingerprint density at radius 1 is 0.958 bits per heavy atom. The maximum Gasteiger partial charge on any atom is 0.264 e. The van der Waals surface area contributed by atoms with Crippen LogP contribution >= 0.6 is 0 Å². The lowest BCUT2D eigenvalue weighted by Crippen LogP contribution is -2.54. The quantitative estimate of drug-likeness (QED) is 0.193. The van der Waals surface area contributed by atoms with Crippen LogP contribution in [0.25, 0.3) is 11.0 Å². The van der Waals surface area contributed by atoms with Crippen molar-refractivity contribution in [2.45, 2.75) is 44.3 Å². The minimum Gasteiger partial charge on any atom is -0.459 e. The first-order chi connectivity index (χ1) is 23.3. The van der Waals surface area contributed by atoms with E-state index in [2.05, 4.69) is 20.9 Å². The number of aromatic nitrogens is 1. The summed E-state index contributed by atoms with van der Waals surface area (Å²) in [6, 6.07) is 24.0. The molecule has 7 rings (SSSR count). The van der Waals surface area contributed by atoms with Crippen LogP contribution in [0, 0.1) is 0 Å². The maximum atomic E-state index is 13.5. The molecule has 3 N–H and O–H groups in total. The molecule has 0 saturated carbocycles. The lowest BCUT2D eigenvalue weighted by Gasteiger charge is -2.28. The number of carbonyl (C=O) groups excluding carboxylic acids is 5. The van der Waals surface area contributed by atoms with E-state index in [1.165, 1.54) is 0 Å². The number of carbonyl (C=O) groups is 5. The van der Waals surface area contributed by atoms with Gasteiger partial charge >= 0.3 is 0 Å². The molecule has 2 aliphatic rings. The molecule has 11 nitrogen and oxygen atoms in total. The lowest BCUT2D eigenvalue weighted by molar-refractivity contribution is -0.136. The van der Waals surface area contributed by atoms with Crippen molar-refractivity contribution in [1.82, 2.24) is 20.5 Å². The summed E-state index contributed by atoms with van der Waals surface area (Å²) in [5.74, 6) is -1.79. The summed E-state index contributed by atoms with van der Waals surface area (Å²) in [4.78, 5) is 69.2. The van der Waals surface area contributed by atoms with E-state index in [1.807, 2.05) is 73.7 Å². The number of para-hydroxylation sites is 1. The molecule has 5 amide bonds. The van der Waals surface area contributed by atoms with Gasteiger partial charge in [0.2, 0.25) is 17.7 Å². The summed E-state index contributed by atoms with van der Waals surface area (Å²) >= 11 is 0. The van der Waals surface area contributed by atoms with Gasteiger partial charge in [0.1, 0.15) is 23.4 Å². The summed E-state index contributed by atoms with van der Waals surface area (Å²) in [7, 11) is 0. The first-order valence-electron chi connectivity index (χ1n) is 15.6. The molecular weight excluding hydrogens is 610 g/mol. The van der Waals surface area contributed by atoms with Crippen molar-refractivity contribution in [3.63, 3.8) is 0 Å². The van der Waals surface area contributed by atoms with Gasteiger partial charge < -0.3 is 15.1 Å². The van der Waals surface area contributed by atoms with Crippen LogP contribution in [-0.4, -0.2) is 45.5 Å². The fourth-order valence-electron chi connectivity index (χ4n) is 6.28. The van der Waals surface area contributed by atoms with Crippen molar-refractivity contribution in [2.24, 2.45) is 0 Å². The normalized spacial score (nSPS) is 17.2. The molecule has 48 heavy (non-hydrogen) atoms. The van der Waals surface area contributed by atoms with Gasteiger partial charge in [-0.1, -0.05) is 54.6 Å². The third-order valence-corrected chi connectivity index (χ3v) is 8.74. The zero-order valence-corrected chi connectivity index (χ0v) is 25.9. The molecule has 0 aliphatic carbocycles. The van der Waals surface area contributed by atoms with Crippen LogP contribution in [0.1, 0.15) is 75.0 Å². The Balaban J connectivity index is 1.03. The molecule has 1 fully saturated rings. The van der Waals surface area contributed by atoms with E-state index in [9.17, 15) is 24.0 Å². The standard InChI is InChI=1S/C37H31N5O6/c1-21(39-27-9-4-8-26-33(27)37(47)42(36(26)46)28-15-16-31(43)41-35(28)45)23-13-11-22(12-14-23)18-32(44)40-34(25-7-5-17-38-20-25)30-19-24-6-2-3-10-29(24)48-30/h2-14,17,19-21,28,34,39H,15-16,18H2,1H3,(H,40,44)(H,41,43,45). The van der Waals surface area contributed by atoms with Gasteiger partial charge in [-0.15, -0.1) is 0 Å². The Bertz CT molecular complexity index is 2040. The van der Waals surface area contributed by atoms with Crippen molar-refractivity contribution in [1.29, 1.82) is 0 Å². The highest BCUT2D eigenvalue weighted by Crippen LogP contribution is 2.34. The summed E-state index contributed by atoms with van der Waals surface area (Å²) < 4.78 is 6.09. The van der Waals surface area contributed by atoms with Gasteiger partial charge in [0.15, 0.2) is 0 Å². The largest absolute Gasteiger partial charge is 0.459 e. The molecule has 11 heteroatoms. The van der Waals surface area contributed by atoms with Crippen LogP contribution in [0.15, 0.2) is 102 Å². The molecular formula is C37H31N5O6. The van der Waals surface area contributed by atoms with E-state index in [1.54, 1.807) is 30.6 Å². The number of imide groups is 2. The Kier molecular flexibility index (Phi) is 8.02. The molecule has 1 saturated heterocycles. The highest BCUT2D eigenvalue weighted by molar-refractivity contribution is 6.25. The van der Waals surface area contributed by atoms with E-state index < -0.39 is 35.7 Å². The van der Waals surface area contributed by atoms with Gasteiger partial charge in [-0.25, -0.2) is 0 Å². The molecule has 2 aliphatic heterocycles. The van der Waals surface area contributed by atoms with Gasteiger partial charge in [-0.05, 0) is 54.8 Å². The van der Waals surface area contributed by atoms with Crippen LogP contribution in [0.3, 0.4) is 0 Å². The second-order valence-corrected chi connectivity index (χ2v) is 11.9. The van der Waals surface area contributed by atoms with Gasteiger partial charge in [0.05, 0.1) is 17.5 Å². The minimum atomic E-state index is -1.04. The molecule has 3 atom stereocenters. The van der Waals surface area contributed by atoms with E-state index in [-0.39, 0.29) is 42.3 Å². The average molecular weight is 642 g/mol. The Hall–Kier alpha value is -6.10. The SMILES string of the molecule is CC(Nc1cccc2c1C(=O)N(C1CCC(=O)NC1=O)C2=O)c1ccc(CC(=O)NC(c2cccnc2)c2cc3ccccc3o2)cc1. The number of nitrogens with zero attached hydrogens (tertiary/aromatic N) is 2. The number of furan rings is 1. The monoisotopic (exact) mass is 641 g/mol. The third kappa shape index (κ3) is 5.81. The van der Waals surface area contributed by atoms with Gasteiger partial charge in [-0.2, -0.15) is 0 Å². The number of hydrogen-bond donors (Lipinski definition) is 3. The number of nitrogens with one attached hydrogen (secondary N) is 3. The highest BCUT2D eigenvalue weighted by Gasteiger charge is 2.45. The topological polar surface area (TPSA) is 151 Å². The predicted octanol–water partition coefficient (Wildman–Crippen LogP) is 4.85. The molecule has 0 bridgehead atoms. The number of benzene rings is 3. The van der Waals surface area contributed by atoms with Crippen molar-refractivity contribution < 1.29 is 28.4 Å². The maximum absolute atomic E-state index is 13.5. The number of pyridine rings is 1. The lowest BCUT2D eigenvalue weighted by atomic mass is 10.0. The van der Waals surface area contributed by atoms with Crippen LogP contribution < -0.4 is 16.0 Å². The van der Waals surface area contributed by atoms with E-state index in [0.717, 1.165) is 32.6 Å². The van der Waals surface area contributed by atoms with Crippen LogP contribution in [0.2, 0.25) is 0 Å². The van der Waals surface area contributed by atoms with Crippen molar-refractivity contribution in [3.8, 4) is 0 Å². The smallest absolute Gasteiger partial charge is 0.264 e. The Morgan fingerprint density at radius 3 is 2.52 bits per heavy atom. The molecule has 3 unspecified atom stereocenters. The number of anilines is 1. The van der Waals surface area contributed by atoms with Gasteiger partial charge in [0, 0.05) is 41.5 Å². The number of amides is 5. The summed E-state index contributed by atoms with van der Waals surface area (Å²) in [6.07, 6.45) is 3.66. The van der Waals surface area contributed by atoms with Crippen molar-refractivity contribution in [2.75, 3.05) is 5.32 Å². The van der Waals surface area contributed by atoms with Gasteiger partial charge in [0.25, 0.3) is 11.8 Å². The molecule has 0 radical (unpaired) electrons. The Morgan fingerprint density at radius 2 is 1.77 bits per heavy atom. The summed E-state index contributed by atoms with van der Waals surface area (Å²) in [5.41, 5.74) is 4.09. The molecule has 3 aromatic carbocycles. The van der Waals surface area contributed by atoms with Crippen LogP contribution in [0.4, 0.5) is 5.69 Å². The van der Waals surface area contributed by atoms with Gasteiger partial charge in [-0.3, -0.25) is 39.2 Å². The summed E-state index contributed by atoms with van der Waals surface area (Å²) in [5, 5.41) is 9.60. The zero-order chi connectivity index (χ0) is 33.4. The number of fused-ring (bicyclic) bond motifs is 2. The first-order valence-corrected chi connectivity index (χ1v) is 15.6. The second kappa shape index (κ2) is 12.6. The van der Waals surface area contributed by atoms with Crippen LogP contribution in [0.5, 0.6) is 0 Å². The van der Waals surface area contributed by atoms with E-state index in [0.29, 0.717) is 11.4 Å². The number of hydrogen-bond acceptors (Lipinski definition) is 8. The van der Waals surface area contributed by atoms with Crippen LogP contribution in [-0.2, 0) is 20.8 Å². The number of piperidine rings is 1. The average Bonchev–Trinajstić information content (AvgIpc) is 3.63. The highest BCUT2D eigenvalue weighted by atomic mass is 16.3. The molecule has 240 valence electrons. The number of rotatable bonds is 9.